The van der Waals surface area contributed by atoms with E-state index in [0.29, 0.717) is 26.1 Å². The molecule has 3 heterocycles. The summed E-state index contributed by atoms with van der Waals surface area (Å²) >= 11 is 11.7. The molecule has 3 rings (SSSR count). The quantitative estimate of drug-likeness (QED) is 0.848. The fourth-order valence-corrected chi connectivity index (χ4v) is 3.28. The second-order valence-corrected chi connectivity index (χ2v) is 6.36. The molecule has 0 unspecified atom stereocenters. The van der Waals surface area contributed by atoms with Gasteiger partial charge in [-0.25, -0.2) is 0 Å². The number of hydrogen-bond donors (Lipinski definition) is 1. The molecule has 21 heavy (non-hydrogen) atoms. The summed E-state index contributed by atoms with van der Waals surface area (Å²) in [5.41, 5.74) is 0.277. The normalized spacial score (nSPS) is 20.7. The van der Waals surface area contributed by atoms with Crippen molar-refractivity contribution >= 4 is 35.0 Å². The van der Waals surface area contributed by atoms with Gasteiger partial charge in [-0.1, -0.05) is 23.2 Å². The molecule has 0 atom stereocenters. The van der Waals surface area contributed by atoms with Crippen LogP contribution < -0.4 is 5.32 Å². The molecule has 8 heteroatoms. The molecule has 0 aromatic carbocycles. The lowest BCUT2D eigenvalue weighted by atomic mass is 9.77. The second-order valence-electron chi connectivity index (χ2n) is 5.62. The van der Waals surface area contributed by atoms with Crippen LogP contribution in [0.2, 0.25) is 10.3 Å². The predicted octanol–water partition coefficient (Wildman–Crippen LogP) is 1.53. The first kappa shape index (κ1) is 14.5. The fraction of sp³-hybridized carbons (Fsp3) is 0.538. The number of hydrogen-bond acceptors (Lipinski definition) is 4. The van der Waals surface area contributed by atoms with Gasteiger partial charge in [0.15, 0.2) is 10.3 Å². The first-order valence-electron chi connectivity index (χ1n) is 6.74. The molecular formula is C13H14Cl2N4O2. The van der Waals surface area contributed by atoms with Crippen LogP contribution in [0.3, 0.4) is 0 Å². The number of nitrogens with one attached hydrogen (secondary N) is 1. The highest BCUT2D eigenvalue weighted by Gasteiger charge is 2.41. The van der Waals surface area contributed by atoms with Gasteiger partial charge in [0.25, 0.3) is 5.91 Å². The molecule has 0 aliphatic carbocycles. The second kappa shape index (κ2) is 5.42. The Morgan fingerprint density at radius 2 is 2.00 bits per heavy atom. The standard InChI is InChI=1S/C13H14Cl2N4O2/c14-9-5-8(11(15)18-17-9)12(21)19-3-1-13(2-4-19)6-10(20)16-7-13/h5H,1-4,6-7H2,(H,16,20). The third kappa shape index (κ3) is 2.82. The number of carbonyl (C=O) groups excluding carboxylic acids is 2. The van der Waals surface area contributed by atoms with Gasteiger partial charge < -0.3 is 10.2 Å². The average molecular weight is 329 g/mol. The number of piperidine rings is 1. The van der Waals surface area contributed by atoms with Gasteiger partial charge in [0.2, 0.25) is 5.91 Å². The minimum absolute atomic E-state index is 0.00575. The van der Waals surface area contributed by atoms with Crippen LogP contribution in [0.5, 0.6) is 0 Å². The maximum absolute atomic E-state index is 12.5. The third-order valence-corrected chi connectivity index (χ3v) is 4.72. The molecule has 112 valence electrons. The minimum atomic E-state index is -0.191. The molecule has 2 fully saturated rings. The molecule has 2 aliphatic heterocycles. The molecule has 1 spiro atoms. The van der Waals surface area contributed by atoms with Crippen molar-refractivity contribution in [3.63, 3.8) is 0 Å². The molecule has 6 nitrogen and oxygen atoms in total. The largest absolute Gasteiger partial charge is 0.356 e. The van der Waals surface area contributed by atoms with Crippen LogP contribution in [0.4, 0.5) is 0 Å². The van der Waals surface area contributed by atoms with E-state index in [2.05, 4.69) is 15.5 Å². The molecule has 0 radical (unpaired) electrons. The number of nitrogens with zero attached hydrogens (tertiary/aromatic N) is 3. The van der Waals surface area contributed by atoms with E-state index >= 15 is 0 Å². The Balaban J connectivity index is 1.70. The van der Waals surface area contributed by atoms with Crippen LogP contribution in [-0.4, -0.2) is 46.5 Å². The summed E-state index contributed by atoms with van der Waals surface area (Å²) in [6.45, 7) is 1.91. The number of rotatable bonds is 1. The lowest BCUT2D eigenvalue weighted by molar-refractivity contribution is -0.119. The zero-order chi connectivity index (χ0) is 15.0. The van der Waals surface area contributed by atoms with E-state index in [0.717, 1.165) is 12.8 Å². The van der Waals surface area contributed by atoms with E-state index in [-0.39, 0.29) is 33.1 Å². The fourth-order valence-electron chi connectivity index (χ4n) is 2.96. The first-order valence-corrected chi connectivity index (χ1v) is 7.49. The van der Waals surface area contributed by atoms with Crippen molar-refractivity contribution in [3.8, 4) is 0 Å². The Labute approximate surface area is 131 Å². The van der Waals surface area contributed by atoms with Crippen molar-refractivity contribution in [2.45, 2.75) is 19.3 Å². The average Bonchev–Trinajstić information content (AvgIpc) is 2.83. The van der Waals surface area contributed by atoms with Crippen molar-refractivity contribution in [2.24, 2.45) is 5.41 Å². The Kier molecular flexibility index (Phi) is 3.75. The van der Waals surface area contributed by atoms with E-state index in [1.165, 1.54) is 6.07 Å². The summed E-state index contributed by atoms with van der Waals surface area (Å²) < 4.78 is 0. The van der Waals surface area contributed by atoms with Gasteiger partial charge in [-0.3, -0.25) is 9.59 Å². The van der Waals surface area contributed by atoms with Crippen LogP contribution in [-0.2, 0) is 4.79 Å². The van der Waals surface area contributed by atoms with Crippen LogP contribution in [0.1, 0.15) is 29.6 Å². The van der Waals surface area contributed by atoms with Crippen molar-refractivity contribution < 1.29 is 9.59 Å². The molecule has 1 aromatic rings. The summed E-state index contributed by atoms with van der Waals surface area (Å²) in [7, 11) is 0. The predicted molar refractivity (Wildman–Crippen MR) is 77.2 cm³/mol. The zero-order valence-electron chi connectivity index (χ0n) is 11.2. The van der Waals surface area contributed by atoms with Crippen molar-refractivity contribution in [1.82, 2.24) is 20.4 Å². The Bertz CT molecular complexity index is 600. The minimum Gasteiger partial charge on any atom is -0.356 e. The topological polar surface area (TPSA) is 75.2 Å². The molecule has 2 aliphatic rings. The summed E-state index contributed by atoms with van der Waals surface area (Å²) in [5, 5.41) is 10.3. The van der Waals surface area contributed by atoms with E-state index in [1.54, 1.807) is 4.90 Å². The Hall–Kier alpha value is -1.40. The molecule has 1 aromatic heterocycles. The summed E-state index contributed by atoms with van der Waals surface area (Å²) in [6.07, 6.45) is 2.17. The number of aromatic nitrogens is 2. The van der Waals surface area contributed by atoms with E-state index < -0.39 is 0 Å². The summed E-state index contributed by atoms with van der Waals surface area (Å²) in [4.78, 5) is 25.6. The molecule has 0 saturated carbocycles. The van der Waals surface area contributed by atoms with Crippen molar-refractivity contribution in [3.05, 3.63) is 21.9 Å². The van der Waals surface area contributed by atoms with Gasteiger partial charge >= 0.3 is 0 Å². The molecule has 2 saturated heterocycles. The molecule has 0 bridgehead atoms. The smallest absolute Gasteiger partial charge is 0.257 e. The van der Waals surface area contributed by atoms with Crippen LogP contribution >= 0.6 is 23.2 Å². The van der Waals surface area contributed by atoms with Gasteiger partial charge in [-0.2, -0.15) is 0 Å². The van der Waals surface area contributed by atoms with Crippen LogP contribution in [0, 0.1) is 5.41 Å². The highest BCUT2D eigenvalue weighted by atomic mass is 35.5. The molecular weight excluding hydrogens is 315 g/mol. The first-order chi connectivity index (χ1) is 9.99. The number of amides is 2. The summed E-state index contributed by atoms with van der Waals surface area (Å²) in [6, 6.07) is 1.43. The van der Waals surface area contributed by atoms with Crippen molar-refractivity contribution in [1.29, 1.82) is 0 Å². The lowest BCUT2D eigenvalue weighted by Crippen LogP contribution is -2.44. The van der Waals surface area contributed by atoms with Gasteiger partial charge in [0.1, 0.15) is 0 Å². The third-order valence-electron chi connectivity index (χ3n) is 4.26. The number of carbonyl (C=O) groups is 2. The van der Waals surface area contributed by atoms with Gasteiger partial charge in [0.05, 0.1) is 5.56 Å². The SMILES string of the molecule is O=C1CC2(CCN(C(=O)c3cc(Cl)nnc3Cl)CC2)CN1. The highest BCUT2D eigenvalue weighted by molar-refractivity contribution is 6.34. The highest BCUT2D eigenvalue weighted by Crippen LogP contribution is 2.37. The lowest BCUT2D eigenvalue weighted by Gasteiger charge is -2.38. The molecule has 2 amide bonds. The maximum Gasteiger partial charge on any atom is 0.257 e. The van der Waals surface area contributed by atoms with Gasteiger partial charge in [-0.05, 0) is 24.3 Å². The van der Waals surface area contributed by atoms with Gasteiger partial charge in [0, 0.05) is 26.1 Å². The Morgan fingerprint density at radius 3 is 2.62 bits per heavy atom. The van der Waals surface area contributed by atoms with Crippen LogP contribution in [0.15, 0.2) is 6.07 Å². The number of likely N-dealkylation sites (tertiary alicyclic amines) is 1. The van der Waals surface area contributed by atoms with Gasteiger partial charge in [-0.15, -0.1) is 10.2 Å². The van der Waals surface area contributed by atoms with E-state index in [9.17, 15) is 9.59 Å². The van der Waals surface area contributed by atoms with Crippen molar-refractivity contribution in [2.75, 3.05) is 19.6 Å². The van der Waals surface area contributed by atoms with Crippen LogP contribution in [0.25, 0.3) is 0 Å². The monoisotopic (exact) mass is 328 g/mol. The zero-order valence-corrected chi connectivity index (χ0v) is 12.7. The van der Waals surface area contributed by atoms with E-state index in [1.807, 2.05) is 0 Å². The molecule has 1 N–H and O–H groups in total. The Morgan fingerprint density at radius 1 is 1.29 bits per heavy atom. The summed E-state index contributed by atoms with van der Waals surface area (Å²) in [5.74, 6) is -0.0909. The maximum atomic E-state index is 12.5. The van der Waals surface area contributed by atoms with E-state index in [4.69, 9.17) is 23.2 Å². The number of halogens is 2.